The molecular weight excluding hydrogens is 302 g/mol. The summed E-state index contributed by atoms with van der Waals surface area (Å²) in [6.07, 6.45) is 0. The molecule has 0 heterocycles. The second-order valence-electron chi connectivity index (χ2n) is 4.65. The first-order chi connectivity index (χ1) is 10.6. The molecule has 2 aromatic carbocycles. The van der Waals surface area contributed by atoms with E-state index < -0.39 is 19.4 Å². The maximum absolute atomic E-state index is 13.6. The smallest absolute Gasteiger partial charge is 0.311 e. The van der Waals surface area contributed by atoms with Gasteiger partial charge in [0.25, 0.3) is 0 Å². The number of benzene rings is 2. The Bertz CT molecular complexity index is 722. The first-order valence-electron chi connectivity index (χ1n) is 6.64. The molecule has 114 valence electrons. The molecule has 5 heteroatoms. The van der Waals surface area contributed by atoms with E-state index in [1.165, 1.54) is 12.1 Å². The van der Waals surface area contributed by atoms with E-state index in [9.17, 15) is 14.1 Å². The van der Waals surface area contributed by atoms with E-state index in [0.717, 1.165) is 7.11 Å². The van der Waals surface area contributed by atoms with Crippen LogP contribution in [0.3, 0.4) is 0 Å². The molecule has 0 saturated carbocycles. The molecule has 2 rings (SSSR count). The van der Waals surface area contributed by atoms with E-state index in [1.54, 1.807) is 42.5 Å². The summed E-state index contributed by atoms with van der Waals surface area (Å²) in [4.78, 5) is 0. The second-order valence-corrected chi connectivity index (χ2v) is 7.08. The van der Waals surface area contributed by atoms with Crippen LogP contribution in [-0.4, -0.2) is 18.9 Å². The SMILES string of the molecule is CO[P@](=O)(C#Cc1ccccc1)[C@](O)(CF)c1ccccc1. The number of rotatable bonds is 4. The first-order valence-corrected chi connectivity index (χ1v) is 8.26. The zero-order chi connectivity index (χ0) is 16.1. The van der Waals surface area contributed by atoms with Crippen molar-refractivity contribution >= 4 is 7.37 Å². The van der Waals surface area contributed by atoms with E-state index in [-0.39, 0.29) is 5.56 Å². The number of halogens is 1. The lowest BCUT2D eigenvalue weighted by molar-refractivity contribution is 0.0777. The van der Waals surface area contributed by atoms with Gasteiger partial charge in [-0.05, 0) is 23.4 Å². The van der Waals surface area contributed by atoms with Crippen molar-refractivity contribution in [2.75, 3.05) is 13.8 Å². The predicted octanol–water partition coefficient (Wildman–Crippen LogP) is 3.73. The standard InChI is InChI=1S/C17H16FO3P/c1-21-22(20,13-12-15-8-4-2-5-9-15)17(19,14-18)16-10-6-3-7-11-16/h2-11,19H,14H2,1H3/t17-,22-/m1/s1. The van der Waals surface area contributed by atoms with Crippen molar-refractivity contribution in [2.45, 2.75) is 5.34 Å². The average molecular weight is 318 g/mol. The van der Waals surface area contributed by atoms with Crippen LogP contribution in [-0.2, 0) is 14.4 Å². The fourth-order valence-corrected chi connectivity index (χ4v) is 3.48. The van der Waals surface area contributed by atoms with Gasteiger partial charge in [-0.1, -0.05) is 54.5 Å². The summed E-state index contributed by atoms with van der Waals surface area (Å²) in [5, 5.41) is 8.34. The molecule has 0 aromatic heterocycles. The van der Waals surface area contributed by atoms with E-state index >= 15 is 0 Å². The quantitative estimate of drug-likeness (QED) is 0.690. The Kier molecular flexibility index (Phi) is 5.15. The predicted molar refractivity (Wildman–Crippen MR) is 84.2 cm³/mol. The lowest BCUT2D eigenvalue weighted by atomic mass is 10.1. The van der Waals surface area contributed by atoms with E-state index in [1.807, 2.05) is 6.07 Å². The first kappa shape index (κ1) is 16.5. The van der Waals surface area contributed by atoms with Crippen molar-refractivity contribution in [3.63, 3.8) is 0 Å². The lowest BCUT2D eigenvalue weighted by Crippen LogP contribution is -2.28. The van der Waals surface area contributed by atoms with Gasteiger partial charge in [0.15, 0.2) is 0 Å². The molecule has 1 N–H and O–H groups in total. The minimum absolute atomic E-state index is 0.171. The normalized spacial score (nSPS) is 16.0. The van der Waals surface area contributed by atoms with Crippen molar-refractivity contribution in [3.05, 3.63) is 71.8 Å². The van der Waals surface area contributed by atoms with Crippen LogP contribution in [0.1, 0.15) is 11.1 Å². The Balaban J connectivity index is 2.48. The van der Waals surface area contributed by atoms with Gasteiger partial charge in [-0.25, -0.2) is 4.39 Å². The number of alkyl halides is 1. The Morgan fingerprint density at radius 1 is 1.14 bits per heavy atom. The van der Waals surface area contributed by atoms with Crippen LogP contribution in [0.5, 0.6) is 0 Å². The summed E-state index contributed by atoms with van der Waals surface area (Å²) < 4.78 is 31.5. The molecule has 0 spiro atoms. The van der Waals surface area contributed by atoms with Crippen molar-refractivity contribution in [2.24, 2.45) is 0 Å². The molecule has 2 aromatic rings. The van der Waals surface area contributed by atoms with Crippen molar-refractivity contribution in [1.29, 1.82) is 0 Å². The molecule has 0 fully saturated rings. The summed E-state index contributed by atoms with van der Waals surface area (Å²) in [6, 6.07) is 16.8. The van der Waals surface area contributed by atoms with E-state index in [4.69, 9.17) is 4.52 Å². The Morgan fingerprint density at radius 3 is 2.18 bits per heavy atom. The Morgan fingerprint density at radius 2 is 1.68 bits per heavy atom. The number of aliphatic hydroxyl groups is 1. The molecule has 0 unspecified atom stereocenters. The lowest BCUT2D eigenvalue weighted by Gasteiger charge is -2.29. The highest BCUT2D eigenvalue weighted by Crippen LogP contribution is 2.61. The topological polar surface area (TPSA) is 46.5 Å². The van der Waals surface area contributed by atoms with Gasteiger partial charge in [-0.3, -0.25) is 4.57 Å². The molecule has 22 heavy (non-hydrogen) atoms. The molecule has 0 amide bonds. The molecule has 0 saturated heterocycles. The average Bonchev–Trinajstić information content (AvgIpc) is 2.60. The zero-order valence-electron chi connectivity index (χ0n) is 12.1. The third kappa shape index (κ3) is 3.13. The highest BCUT2D eigenvalue weighted by Gasteiger charge is 2.48. The fraction of sp³-hybridized carbons (Fsp3) is 0.176. The van der Waals surface area contributed by atoms with Gasteiger partial charge in [0, 0.05) is 12.7 Å². The van der Waals surface area contributed by atoms with Crippen molar-refractivity contribution in [1.82, 2.24) is 0 Å². The second kappa shape index (κ2) is 6.89. The van der Waals surface area contributed by atoms with Gasteiger partial charge in [0.05, 0.1) is 0 Å². The maximum Gasteiger partial charge on any atom is 0.311 e. The van der Waals surface area contributed by atoms with Crippen LogP contribution in [0.15, 0.2) is 60.7 Å². The summed E-state index contributed by atoms with van der Waals surface area (Å²) in [5.74, 6) is 2.68. The van der Waals surface area contributed by atoms with Gasteiger partial charge < -0.3 is 9.63 Å². The minimum Gasteiger partial charge on any atom is -0.372 e. The molecule has 0 bridgehead atoms. The van der Waals surface area contributed by atoms with Crippen LogP contribution in [0.25, 0.3) is 0 Å². The molecule has 0 radical (unpaired) electrons. The highest BCUT2D eigenvalue weighted by molar-refractivity contribution is 7.65. The van der Waals surface area contributed by atoms with E-state index in [0.29, 0.717) is 5.56 Å². The number of hydrogen-bond donors (Lipinski definition) is 1. The summed E-state index contributed by atoms with van der Waals surface area (Å²) in [7, 11) is -2.83. The maximum atomic E-state index is 13.6. The van der Waals surface area contributed by atoms with Gasteiger partial charge in [-0.2, -0.15) is 0 Å². The van der Waals surface area contributed by atoms with Gasteiger partial charge in [0.2, 0.25) is 5.34 Å². The molecule has 0 aliphatic heterocycles. The van der Waals surface area contributed by atoms with Crippen molar-refractivity contribution in [3.8, 4) is 11.6 Å². The summed E-state index contributed by atoms with van der Waals surface area (Å²) in [6.45, 7) is -1.26. The Labute approximate surface area is 129 Å². The summed E-state index contributed by atoms with van der Waals surface area (Å²) >= 11 is 0. The molecule has 3 nitrogen and oxygen atoms in total. The highest BCUT2D eigenvalue weighted by atomic mass is 31.2. The molecule has 0 aliphatic carbocycles. The monoisotopic (exact) mass is 318 g/mol. The van der Waals surface area contributed by atoms with Crippen LogP contribution in [0, 0.1) is 11.6 Å². The van der Waals surface area contributed by atoms with Crippen LogP contribution in [0.2, 0.25) is 0 Å². The third-order valence-corrected chi connectivity index (χ3v) is 5.56. The van der Waals surface area contributed by atoms with Crippen molar-refractivity contribution < 1.29 is 18.6 Å². The van der Waals surface area contributed by atoms with Crippen LogP contribution in [0.4, 0.5) is 4.39 Å². The molecule has 0 aliphatic rings. The summed E-state index contributed by atoms with van der Waals surface area (Å²) in [5.41, 5.74) is 3.22. The van der Waals surface area contributed by atoms with Gasteiger partial charge >= 0.3 is 7.37 Å². The van der Waals surface area contributed by atoms with Crippen LogP contribution >= 0.6 is 7.37 Å². The minimum atomic E-state index is -3.99. The molecular formula is C17H16FO3P. The zero-order valence-corrected chi connectivity index (χ0v) is 13.0. The largest absolute Gasteiger partial charge is 0.372 e. The van der Waals surface area contributed by atoms with Gasteiger partial charge in [-0.15, -0.1) is 0 Å². The third-order valence-electron chi connectivity index (χ3n) is 3.29. The number of hydrogen-bond acceptors (Lipinski definition) is 3. The van der Waals surface area contributed by atoms with E-state index in [2.05, 4.69) is 11.6 Å². The fourth-order valence-electron chi connectivity index (χ4n) is 1.98. The Hall–Kier alpha value is -1.92. The van der Waals surface area contributed by atoms with Gasteiger partial charge in [0.1, 0.15) is 6.67 Å². The molecule has 2 atom stereocenters. The van der Waals surface area contributed by atoms with Crippen LogP contribution < -0.4 is 0 Å².